The third-order valence-electron chi connectivity index (χ3n) is 5.43. The Morgan fingerprint density at radius 2 is 1.84 bits per heavy atom. The number of aliphatic carboxylic acids is 1. The van der Waals surface area contributed by atoms with Gasteiger partial charge < -0.3 is 15.2 Å². The Hall–Kier alpha value is -2.40. The number of carbonyl (C=O) groups is 2. The van der Waals surface area contributed by atoms with Crippen LogP contribution >= 0.6 is 0 Å². The number of rotatable bonds is 3. The lowest BCUT2D eigenvalue weighted by atomic mass is 9.66. The van der Waals surface area contributed by atoms with Crippen molar-refractivity contribution in [3.8, 4) is 0 Å². The number of carboxylic acids is 1. The number of hydrogen-bond donors (Lipinski definition) is 2. The molecule has 2 aromatic carbocycles. The van der Waals surface area contributed by atoms with Crippen molar-refractivity contribution >= 4 is 22.6 Å². The molecule has 1 spiro atoms. The van der Waals surface area contributed by atoms with Crippen molar-refractivity contribution in [2.24, 2.45) is 5.92 Å². The molecule has 2 fully saturated rings. The van der Waals surface area contributed by atoms with E-state index in [0.29, 0.717) is 31.4 Å². The summed E-state index contributed by atoms with van der Waals surface area (Å²) in [7, 11) is 0. The van der Waals surface area contributed by atoms with E-state index in [1.54, 1.807) is 0 Å². The first-order valence-corrected chi connectivity index (χ1v) is 8.71. The van der Waals surface area contributed by atoms with E-state index in [9.17, 15) is 9.59 Å². The van der Waals surface area contributed by atoms with Crippen LogP contribution in [0.1, 0.15) is 36.0 Å². The molecule has 0 bridgehead atoms. The minimum atomic E-state index is -0.753. The molecule has 1 amide bonds. The van der Waals surface area contributed by atoms with Crippen LogP contribution in [-0.2, 0) is 9.53 Å². The van der Waals surface area contributed by atoms with Crippen LogP contribution < -0.4 is 5.32 Å². The molecule has 2 aromatic rings. The van der Waals surface area contributed by atoms with Gasteiger partial charge in [0.2, 0.25) is 0 Å². The molecule has 1 aliphatic heterocycles. The number of amides is 1. The lowest BCUT2D eigenvalue weighted by Crippen LogP contribution is -2.56. The first-order valence-electron chi connectivity index (χ1n) is 8.71. The van der Waals surface area contributed by atoms with Crippen molar-refractivity contribution in [1.29, 1.82) is 0 Å². The van der Waals surface area contributed by atoms with Crippen LogP contribution in [0.4, 0.5) is 0 Å². The van der Waals surface area contributed by atoms with Gasteiger partial charge in [-0.25, -0.2) is 0 Å². The van der Waals surface area contributed by atoms with E-state index < -0.39 is 5.97 Å². The second kappa shape index (κ2) is 6.15. The molecule has 0 aromatic heterocycles. The number of ether oxygens (including phenoxy) is 1. The van der Waals surface area contributed by atoms with E-state index >= 15 is 0 Å². The monoisotopic (exact) mass is 339 g/mol. The number of hydrogen-bond acceptors (Lipinski definition) is 3. The van der Waals surface area contributed by atoms with Crippen molar-refractivity contribution in [2.75, 3.05) is 6.61 Å². The minimum absolute atomic E-state index is 0.0301. The maximum Gasteiger partial charge on any atom is 0.306 e. The number of benzene rings is 2. The minimum Gasteiger partial charge on any atom is -0.481 e. The predicted molar refractivity (Wildman–Crippen MR) is 93.5 cm³/mol. The average Bonchev–Trinajstić information content (AvgIpc) is 2.59. The molecular weight excluding hydrogens is 318 g/mol. The van der Waals surface area contributed by atoms with Crippen LogP contribution in [0, 0.1) is 5.92 Å². The topological polar surface area (TPSA) is 75.6 Å². The molecule has 1 saturated carbocycles. The predicted octanol–water partition coefficient (Wildman–Crippen LogP) is 2.98. The highest BCUT2D eigenvalue weighted by atomic mass is 16.5. The average molecular weight is 339 g/mol. The molecule has 5 heteroatoms. The molecule has 1 heterocycles. The fourth-order valence-electron chi connectivity index (χ4n) is 4.05. The second-order valence-corrected chi connectivity index (χ2v) is 7.20. The summed E-state index contributed by atoms with van der Waals surface area (Å²) in [5, 5.41) is 14.3. The van der Waals surface area contributed by atoms with Crippen molar-refractivity contribution in [2.45, 2.75) is 37.3 Å². The number of carbonyl (C=O) groups excluding carboxylic acids is 1. The fourth-order valence-corrected chi connectivity index (χ4v) is 4.05. The molecule has 5 nitrogen and oxygen atoms in total. The molecule has 25 heavy (non-hydrogen) atoms. The van der Waals surface area contributed by atoms with Crippen LogP contribution in [0.2, 0.25) is 0 Å². The number of nitrogens with one attached hydrogen (secondary N) is 1. The smallest absolute Gasteiger partial charge is 0.306 e. The van der Waals surface area contributed by atoms with E-state index in [1.165, 1.54) is 0 Å². The quantitative estimate of drug-likeness (QED) is 0.901. The number of carboxylic acid groups (broad SMARTS) is 1. The Morgan fingerprint density at radius 3 is 2.60 bits per heavy atom. The van der Waals surface area contributed by atoms with E-state index in [-0.39, 0.29) is 23.5 Å². The Labute approximate surface area is 146 Å². The Kier molecular flexibility index (Phi) is 3.96. The van der Waals surface area contributed by atoms with Crippen molar-refractivity contribution in [3.05, 3.63) is 48.0 Å². The summed E-state index contributed by atoms with van der Waals surface area (Å²) in [4.78, 5) is 23.6. The maximum absolute atomic E-state index is 12.6. The van der Waals surface area contributed by atoms with E-state index in [4.69, 9.17) is 9.84 Å². The molecule has 4 rings (SSSR count). The van der Waals surface area contributed by atoms with Gasteiger partial charge in [0.15, 0.2) is 0 Å². The lowest BCUT2D eigenvalue weighted by Gasteiger charge is -2.50. The lowest BCUT2D eigenvalue weighted by molar-refractivity contribution is -0.181. The van der Waals surface area contributed by atoms with Crippen molar-refractivity contribution < 1.29 is 19.4 Å². The molecule has 2 aliphatic rings. The third-order valence-corrected chi connectivity index (χ3v) is 5.43. The summed E-state index contributed by atoms with van der Waals surface area (Å²) in [6.07, 6.45) is 2.55. The highest BCUT2D eigenvalue weighted by Gasteiger charge is 2.51. The molecule has 1 unspecified atom stereocenters. The van der Waals surface area contributed by atoms with Gasteiger partial charge in [0.05, 0.1) is 11.5 Å². The van der Waals surface area contributed by atoms with Gasteiger partial charge in [0.1, 0.15) is 0 Å². The summed E-state index contributed by atoms with van der Waals surface area (Å²) < 4.78 is 5.84. The Bertz CT molecular complexity index is 825. The van der Waals surface area contributed by atoms with Gasteiger partial charge in [-0.15, -0.1) is 0 Å². The second-order valence-electron chi connectivity index (χ2n) is 7.20. The van der Waals surface area contributed by atoms with E-state index in [2.05, 4.69) is 5.32 Å². The van der Waals surface area contributed by atoms with E-state index in [0.717, 1.165) is 17.2 Å². The Balaban J connectivity index is 1.42. The van der Waals surface area contributed by atoms with Crippen LogP contribution in [0.3, 0.4) is 0 Å². The number of fused-ring (bicyclic) bond motifs is 1. The molecule has 130 valence electrons. The summed E-state index contributed by atoms with van der Waals surface area (Å²) in [5.41, 5.74) is 0.291. The van der Waals surface area contributed by atoms with Crippen molar-refractivity contribution in [1.82, 2.24) is 5.32 Å². The summed E-state index contributed by atoms with van der Waals surface area (Å²) in [6.45, 7) is 0.564. The molecular formula is C20H21NO4. The molecule has 1 saturated heterocycles. The van der Waals surface area contributed by atoms with Gasteiger partial charge >= 0.3 is 5.97 Å². The largest absolute Gasteiger partial charge is 0.481 e. The van der Waals surface area contributed by atoms with Crippen LogP contribution in [0.25, 0.3) is 10.8 Å². The van der Waals surface area contributed by atoms with Gasteiger partial charge in [-0.3, -0.25) is 9.59 Å². The zero-order valence-electron chi connectivity index (χ0n) is 13.9. The van der Waals surface area contributed by atoms with Gasteiger partial charge in [0, 0.05) is 18.2 Å². The van der Waals surface area contributed by atoms with E-state index in [1.807, 2.05) is 42.5 Å². The highest BCUT2D eigenvalue weighted by molar-refractivity contribution is 5.98. The summed E-state index contributed by atoms with van der Waals surface area (Å²) in [5.74, 6) is -1.15. The van der Waals surface area contributed by atoms with Gasteiger partial charge in [-0.2, -0.15) is 0 Å². The fraction of sp³-hybridized carbons (Fsp3) is 0.400. The normalized spacial score (nSPS) is 28.5. The molecule has 1 atom stereocenters. The first kappa shape index (κ1) is 16.1. The van der Waals surface area contributed by atoms with Gasteiger partial charge in [-0.1, -0.05) is 30.3 Å². The zero-order chi connectivity index (χ0) is 17.4. The molecule has 1 aliphatic carbocycles. The standard InChI is InChI=1S/C20H21NO4/c22-18(15-6-5-13-3-1-2-4-14(13)9-15)21-17-7-8-25-20(12-17)10-16(11-20)19(23)24/h1-6,9,16-17H,7-8,10-12H2,(H,21,22)(H,23,24). The highest BCUT2D eigenvalue weighted by Crippen LogP contribution is 2.46. The molecule has 2 N–H and O–H groups in total. The van der Waals surface area contributed by atoms with Crippen LogP contribution in [0.5, 0.6) is 0 Å². The summed E-state index contributed by atoms with van der Waals surface area (Å²) >= 11 is 0. The van der Waals surface area contributed by atoms with Crippen molar-refractivity contribution in [3.63, 3.8) is 0 Å². The Morgan fingerprint density at radius 1 is 1.08 bits per heavy atom. The SMILES string of the molecule is O=C(NC1CCOC2(C1)CC(C(=O)O)C2)c1ccc2ccccc2c1. The van der Waals surface area contributed by atoms with Crippen LogP contribution in [0.15, 0.2) is 42.5 Å². The summed E-state index contributed by atoms with van der Waals surface area (Å²) in [6, 6.07) is 13.7. The maximum atomic E-state index is 12.6. The third kappa shape index (κ3) is 3.12. The zero-order valence-corrected chi connectivity index (χ0v) is 13.9. The van der Waals surface area contributed by atoms with Gasteiger partial charge in [0.25, 0.3) is 5.91 Å². The van der Waals surface area contributed by atoms with Crippen LogP contribution in [-0.4, -0.2) is 35.2 Å². The first-order chi connectivity index (χ1) is 12.0. The van der Waals surface area contributed by atoms with Gasteiger partial charge in [-0.05, 0) is 48.6 Å². The molecule has 0 radical (unpaired) electrons.